The van der Waals surface area contributed by atoms with Gasteiger partial charge in [0.2, 0.25) is 10.0 Å². The van der Waals surface area contributed by atoms with E-state index >= 15 is 0 Å². The van der Waals surface area contributed by atoms with Crippen molar-refractivity contribution in [3.05, 3.63) is 82.3 Å². The van der Waals surface area contributed by atoms with Crippen molar-refractivity contribution in [2.75, 3.05) is 6.54 Å². The zero-order chi connectivity index (χ0) is 22.1. The Hall–Kier alpha value is -2.13. The van der Waals surface area contributed by atoms with E-state index in [1.165, 1.54) is 36.6 Å². The van der Waals surface area contributed by atoms with Crippen LogP contribution in [0.1, 0.15) is 27.7 Å². The van der Waals surface area contributed by atoms with Gasteiger partial charge in [0.05, 0.1) is 16.1 Å². The SMILES string of the molecule is Cc1cc(C)c(S(=O)(=O)NC[C@@H](c2ccco2)S(=O)(=O)c2ccc(Cl)cc2)c(C)c1. The number of furan rings is 1. The molecule has 30 heavy (non-hydrogen) atoms. The molecular formula is C21H22ClNO5S2. The molecule has 3 aromatic rings. The Morgan fingerprint density at radius 2 is 1.57 bits per heavy atom. The molecule has 9 heteroatoms. The molecule has 0 saturated heterocycles. The summed E-state index contributed by atoms with van der Waals surface area (Å²) in [5.74, 6) is 0.144. The molecule has 1 N–H and O–H groups in total. The number of rotatable bonds is 7. The van der Waals surface area contributed by atoms with Crippen molar-refractivity contribution in [2.45, 2.75) is 35.8 Å². The summed E-state index contributed by atoms with van der Waals surface area (Å²) in [5.41, 5.74) is 2.13. The molecule has 0 aliphatic heterocycles. The molecular weight excluding hydrogens is 446 g/mol. The Labute approximate surface area is 181 Å². The first-order valence-corrected chi connectivity index (χ1v) is 12.5. The number of sulfonamides is 1. The highest BCUT2D eigenvalue weighted by atomic mass is 35.5. The monoisotopic (exact) mass is 467 g/mol. The summed E-state index contributed by atoms with van der Waals surface area (Å²) in [5, 5.41) is -0.843. The minimum Gasteiger partial charge on any atom is -0.468 e. The van der Waals surface area contributed by atoms with Gasteiger partial charge >= 0.3 is 0 Å². The van der Waals surface area contributed by atoms with Gasteiger partial charge in [-0.1, -0.05) is 29.3 Å². The second kappa shape index (κ2) is 8.55. The fraction of sp³-hybridized carbons (Fsp3) is 0.238. The standard InChI is InChI=1S/C21H22ClNO5S2/c1-14-11-15(2)21(16(3)12-14)30(26,27)23-13-20(19-5-4-10-28-19)29(24,25)18-8-6-17(22)7-9-18/h4-12,20,23H,13H2,1-3H3/t20-/m0/s1. The molecule has 0 radical (unpaired) electrons. The minimum atomic E-state index is -3.95. The fourth-order valence-electron chi connectivity index (χ4n) is 3.47. The summed E-state index contributed by atoms with van der Waals surface area (Å²) >= 11 is 5.87. The summed E-state index contributed by atoms with van der Waals surface area (Å²) in [4.78, 5) is 0.172. The fourth-order valence-corrected chi connectivity index (χ4v) is 6.79. The first-order chi connectivity index (χ1) is 14.0. The highest BCUT2D eigenvalue weighted by molar-refractivity contribution is 7.92. The van der Waals surface area contributed by atoms with Crippen LogP contribution in [0.3, 0.4) is 0 Å². The van der Waals surface area contributed by atoms with Gasteiger partial charge in [0.15, 0.2) is 9.84 Å². The lowest BCUT2D eigenvalue weighted by Gasteiger charge is -2.18. The second-order valence-electron chi connectivity index (χ2n) is 7.08. The van der Waals surface area contributed by atoms with Crippen LogP contribution in [-0.4, -0.2) is 23.4 Å². The molecule has 1 aromatic heterocycles. The van der Waals surface area contributed by atoms with Gasteiger partial charge in [0.25, 0.3) is 0 Å². The molecule has 0 spiro atoms. The lowest BCUT2D eigenvalue weighted by molar-refractivity contribution is 0.486. The predicted octanol–water partition coefficient (Wildman–Crippen LogP) is 4.35. The van der Waals surface area contributed by atoms with E-state index in [9.17, 15) is 16.8 Å². The van der Waals surface area contributed by atoms with E-state index in [-0.39, 0.29) is 22.1 Å². The summed E-state index contributed by atoms with van der Waals surface area (Å²) in [6.45, 7) is 4.93. The number of aryl methyl sites for hydroxylation is 3. The van der Waals surface area contributed by atoms with Crippen LogP contribution in [0.4, 0.5) is 0 Å². The Balaban J connectivity index is 1.97. The van der Waals surface area contributed by atoms with Crippen LogP contribution in [0.2, 0.25) is 5.02 Å². The van der Waals surface area contributed by atoms with Crippen LogP contribution < -0.4 is 4.72 Å². The molecule has 0 fully saturated rings. The molecule has 3 rings (SSSR count). The van der Waals surface area contributed by atoms with Crippen molar-refractivity contribution in [3.8, 4) is 0 Å². The smallest absolute Gasteiger partial charge is 0.241 e. The van der Waals surface area contributed by atoms with Gasteiger partial charge in [-0.05, 0) is 68.3 Å². The van der Waals surface area contributed by atoms with Gasteiger partial charge in [-0.3, -0.25) is 0 Å². The molecule has 0 amide bonds. The highest BCUT2D eigenvalue weighted by Gasteiger charge is 2.33. The van der Waals surface area contributed by atoms with Crippen molar-refractivity contribution in [1.82, 2.24) is 4.72 Å². The van der Waals surface area contributed by atoms with E-state index in [0.29, 0.717) is 16.1 Å². The van der Waals surface area contributed by atoms with Crippen LogP contribution in [0.15, 0.2) is 69.0 Å². The summed E-state index contributed by atoms with van der Waals surface area (Å²) in [7, 11) is -7.90. The molecule has 2 aromatic carbocycles. The van der Waals surface area contributed by atoms with E-state index in [1.807, 2.05) is 6.92 Å². The van der Waals surface area contributed by atoms with Crippen LogP contribution in [-0.2, 0) is 19.9 Å². The number of hydrogen-bond donors (Lipinski definition) is 1. The van der Waals surface area contributed by atoms with Crippen molar-refractivity contribution in [1.29, 1.82) is 0 Å². The highest BCUT2D eigenvalue weighted by Crippen LogP contribution is 2.30. The maximum absolute atomic E-state index is 13.2. The molecule has 0 aliphatic rings. The van der Waals surface area contributed by atoms with Crippen LogP contribution in [0.5, 0.6) is 0 Å². The molecule has 0 aliphatic carbocycles. The average molecular weight is 468 g/mol. The normalized spacial score (nSPS) is 13.3. The van der Waals surface area contributed by atoms with Gasteiger partial charge < -0.3 is 4.42 Å². The molecule has 1 heterocycles. The average Bonchev–Trinajstić information content (AvgIpc) is 3.15. The van der Waals surface area contributed by atoms with E-state index in [4.69, 9.17) is 16.0 Å². The van der Waals surface area contributed by atoms with Crippen LogP contribution in [0, 0.1) is 20.8 Å². The lowest BCUT2D eigenvalue weighted by Crippen LogP contribution is -2.32. The summed E-state index contributed by atoms with van der Waals surface area (Å²) in [6.07, 6.45) is 1.35. The largest absolute Gasteiger partial charge is 0.468 e. The maximum Gasteiger partial charge on any atom is 0.241 e. The van der Waals surface area contributed by atoms with Crippen molar-refractivity contribution < 1.29 is 21.3 Å². The first-order valence-electron chi connectivity index (χ1n) is 9.13. The minimum absolute atomic E-state index is 0.0233. The maximum atomic E-state index is 13.2. The first kappa shape index (κ1) is 22.6. The Morgan fingerprint density at radius 1 is 0.967 bits per heavy atom. The van der Waals surface area contributed by atoms with E-state index in [2.05, 4.69) is 4.72 Å². The van der Waals surface area contributed by atoms with Crippen molar-refractivity contribution in [2.24, 2.45) is 0 Å². The van der Waals surface area contributed by atoms with Gasteiger partial charge in [0, 0.05) is 11.6 Å². The van der Waals surface area contributed by atoms with E-state index in [0.717, 1.165) is 5.56 Å². The zero-order valence-electron chi connectivity index (χ0n) is 16.7. The quantitative estimate of drug-likeness (QED) is 0.557. The number of hydrogen-bond acceptors (Lipinski definition) is 5. The lowest BCUT2D eigenvalue weighted by atomic mass is 10.1. The molecule has 1 atom stereocenters. The van der Waals surface area contributed by atoms with E-state index < -0.39 is 25.1 Å². The third-order valence-corrected chi connectivity index (χ3v) is 8.77. The third-order valence-electron chi connectivity index (χ3n) is 4.71. The second-order valence-corrected chi connectivity index (χ2v) is 11.4. The zero-order valence-corrected chi connectivity index (χ0v) is 19.1. The van der Waals surface area contributed by atoms with Gasteiger partial charge in [-0.15, -0.1) is 0 Å². The predicted molar refractivity (Wildman–Crippen MR) is 116 cm³/mol. The number of benzene rings is 2. The Bertz CT molecular complexity index is 1230. The van der Waals surface area contributed by atoms with E-state index in [1.54, 1.807) is 32.0 Å². The molecule has 0 saturated carbocycles. The van der Waals surface area contributed by atoms with Gasteiger partial charge in [-0.25, -0.2) is 21.6 Å². The molecule has 0 bridgehead atoms. The Kier molecular flexibility index (Phi) is 6.43. The number of sulfone groups is 1. The Morgan fingerprint density at radius 3 is 2.10 bits per heavy atom. The van der Waals surface area contributed by atoms with Crippen molar-refractivity contribution >= 4 is 31.5 Å². The molecule has 6 nitrogen and oxygen atoms in total. The number of nitrogens with one attached hydrogen (secondary N) is 1. The third kappa shape index (κ3) is 4.62. The molecule has 0 unspecified atom stereocenters. The molecule has 160 valence electrons. The van der Waals surface area contributed by atoms with Crippen LogP contribution in [0.25, 0.3) is 0 Å². The summed E-state index contributed by atoms with van der Waals surface area (Å²) < 4.78 is 60.3. The van der Waals surface area contributed by atoms with Gasteiger partial charge in [0.1, 0.15) is 11.0 Å². The number of halogens is 1. The van der Waals surface area contributed by atoms with Crippen molar-refractivity contribution in [3.63, 3.8) is 0 Å². The summed E-state index contributed by atoms with van der Waals surface area (Å²) in [6, 6.07) is 12.3. The van der Waals surface area contributed by atoms with Gasteiger partial charge in [-0.2, -0.15) is 0 Å². The topological polar surface area (TPSA) is 93.4 Å². The van der Waals surface area contributed by atoms with Crippen LogP contribution >= 0.6 is 11.6 Å².